The highest BCUT2D eigenvalue weighted by Gasteiger charge is 2.09. The van der Waals surface area contributed by atoms with Gasteiger partial charge < -0.3 is 5.32 Å². The smallest absolute Gasteiger partial charge is 0.0703 e. The molecule has 1 unspecified atom stereocenters. The van der Waals surface area contributed by atoms with Crippen LogP contribution in [0.25, 0.3) is 10.9 Å². The molecule has 0 spiro atoms. The van der Waals surface area contributed by atoms with Crippen molar-refractivity contribution in [3.05, 3.63) is 30.0 Å². The highest BCUT2D eigenvalue weighted by molar-refractivity contribution is 5.81. The van der Waals surface area contributed by atoms with E-state index in [1.165, 1.54) is 42.3 Å². The van der Waals surface area contributed by atoms with E-state index in [4.69, 9.17) is 0 Å². The molecular weight excluding hydrogens is 246 g/mol. The molecule has 1 aromatic heterocycles. The molecule has 0 saturated heterocycles. The molecule has 0 aliphatic carbocycles. The highest BCUT2D eigenvalue weighted by atomic mass is 15.3. The Morgan fingerprint density at radius 3 is 2.80 bits per heavy atom. The predicted octanol–water partition coefficient (Wildman–Crippen LogP) is 3.67. The molecule has 110 valence electrons. The number of aromatic nitrogens is 2. The molecule has 0 fully saturated rings. The minimum absolute atomic E-state index is 0.657. The van der Waals surface area contributed by atoms with Crippen LogP contribution in [0.2, 0.25) is 0 Å². The minimum Gasteiger partial charge on any atom is -0.314 e. The lowest BCUT2D eigenvalue weighted by Crippen LogP contribution is -2.29. The molecule has 2 aromatic rings. The number of rotatable bonds is 8. The summed E-state index contributed by atoms with van der Waals surface area (Å²) in [5.74, 6) is 0. The Morgan fingerprint density at radius 1 is 1.25 bits per heavy atom. The van der Waals surface area contributed by atoms with Crippen molar-refractivity contribution in [2.75, 3.05) is 6.54 Å². The van der Waals surface area contributed by atoms with Crippen LogP contribution in [-0.2, 0) is 13.5 Å². The zero-order valence-electron chi connectivity index (χ0n) is 13.0. The van der Waals surface area contributed by atoms with Gasteiger partial charge in [-0.15, -0.1) is 0 Å². The fourth-order valence-electron chi connectivity index (χ4n) is 2.79. The summed E-state index contributed by atoms with van der Waals surface area (Å²) in [5.41, 5.74) is 2.48. The number of nitrogens with one attached hydrogen (secondary N) is 1. The number of nitrogens with zero attached hydrogens (tertiary/aromatic N) is 2. The van der Waals surface area contributed by atoms with Gasteiger partial charge in [0, 0.05) is 18.5 Å². The van der Waals surface area contributed by atoms with Crippen molar-refractivity contribution in [3.63, 3.8) is 0 Å². The third kappa shape index (κ3) is 3.60. The van der Waals surface area contributed by atoms with Crippen LogP contribution in [0.3, 0.4) is 0 Å². The van der Waals surface area contributed by atoms with Gasteiger partial charge in [0.2, 0.25) is 0 Å². The van der Waals surface area contributed by atoms with Crippen LogP contribution in [0.1, 0.15) is 45.2 Å². The van der Waals surface area contributed by atoms with E-state index < -0.39 is 0 Å². The van der Waals surface area contributed by atoms with Gasteiger partial charge in [0.25, 0.3) is 0 Å². The van der Waals surface area contributed by atoms with Crippen molar-refractivity contribution in [2.45, 2.75) is 52.0 Å². The standard InChI is InChI=1S/C17H27N3/c1-4-13-18-14(5-2)9-8-11-16-15-10-6-7-12-17(15)20(3)19-16/h6-7,10,12,14,18H,4-5,8-9,11,13H2,1-3H3. The lowest BCUT2D eigenvalue weighted by atomic mass is 10.0. The minimum atomic E-state index is 0.657. The van der Waals surface area contributed by atoms with Gasteiger partial charge in [-0.3, -0.25) is 4.68 Å². The van der Waals surface area contributed by atoms with E-state index in [-0.39, 0.29) is 0 Å². The van der Waals surface area contributed by atoms with Crippen LogP contribution >= 0.6 is 0 Å². The van der Waals surface area contributed by atoms with E-state index in [1.54, 1.807) is 0 Å². The second-order valence-electron chi connectivity index (χ2n) is 5.54. The Hall–Kier alpha value is -1.35. The summed E-state index contributed by atoms with van der Waals surface area (Å²) in [6.07, 6.45) is 5.94. The average Bonchev–Trinajstić information content (AvgIpc) is 2.80. The molecule has 3 heteroatoms. The molecular formula is C17H27N3. The molecule has 1 atom stereocenters. The largest absolute Gasteiger partial charge is 0.314 e. The normalized spacial score (nSPS) is 12.9. The van der Waals surface area contributed by atoms with Crippen molar-refractivity contribution in [3.8, 4) is 0 Å². The Morgan fingerprint density at radius 2 is 2.05 bits per heavy atom. The van der Waals surface area contributed by atoms with Crippen LogP contribution < -0.4 is 5.32 Å². The molecule has 1 N–H and O–H groups in total. The Kier molecular flexibility index (Phi) is 5.60. The quantitative estimate of drug-likeness (QED) is 0.795. The van der Waals surface area contributed by atoms with E-state index in [0.29, 0.717) is 6.04 Å². The van der Waals surface area contributed by atoms with E-state index in [1.807, 2.05) is 11.7 Å². The van der Waals surface area contributed by atoms with Crippen molar-refractivity contribution >= 4 is 10.9 Å². The van der Waals surface area contributed by atoms with Gasteiger partial charge >= 0.3 is 0 Å². The number of hydrogen-bond donors (Lipinski definition) is 1. The highest BCUT2D eigenvalue weighted by Crippen LogP contribution is 2.19. The maximum Gasteiger partial charge on any atom is 0.0703 e. The molecule has 0 saturated carbocycles. The summed E-state index contributed by atoms with van der Waals surface area (Å²) in [4.78, 5) is 0. The Balaban J connectivity index is 1.92. The van der Waals surface area contributed by atoms with Gasteiger partial charge in [-0.25, -0.2) is 0 Å². The van der Waals surface area contributed by atoms with Gasteiger partial charge in [0.15, 0.2) is 0 Å². The molecule has 3 nitrogen and oxygen atoms in total. The second-order valence-corrected chi connectivity index (χ2v) is 5.54. The van der Waals surface area contributed by atoms with E-state index in [9.17, 15) is 0 Å². The number of fused-ring (bicyclic) bond motifs is 1. The molecule has 0 amide bonds. The SMILES string of the molecule is CCCNC(CC)CCCc1nn(C)c2ccccc12. The van der Waals surface area contributed by atoms with Crippen molar-refractivity contribution in [2.24, 2.45) is 7.05 Å². The first-order valence-corrected chi connectivity index (χ1v) is 7.90. The zero-order valence-corrected chi connectivity index (χ0v) is 13.0. The monoisotopic (exact) mass is 273 g/mol. The number of hydrogen-bond acceptors (Lipinski definition) is 2. The van der Waals surface area contributed by atoms with Crippen LogP contribution in [0.5, 0.6) is 0 Å². The third-order valence-corrected chi connectivity index (χ3v) is 3.98. The zero-order chi connectivity index (χ0) is 14.4. The lowest BCUT2D eigenvalue weighted by Gasteiger charge is -2.15. The molecule has 20 heavy (non-hydrogen) atoms. The van der Waals surface area contributed by atoms with Crippen LogP contribution in [0, 0.1) is 0 Å². The van der Waals surface area contributed by atoms with Crippen molar-refractivity contribution in [1.29, 1.82) is 0 Å². The maximum atomic E-state index is 4.67. The number of benzene rings is 1. The van der Waals surface area contributed by atoms with E-state index in [0.717, 1.165) is 13.0 Å². The first kappa shape index (κ1) is 15.0. The summed E-state index contributed by atoms with van der Waals surface area (Å²) in [6, 6.07) is 9.17. The van der Waals surface area contributed by atoms with Crippen LogP contribution in [0.4, 0.5) is 0 Å². The number of aryl methyl sites for hydroxylation is 2. The summed E-state index contributed by atoms with van der Waals surface area (Å²) in [5, 5.41) is 9.60. The summed E-state index contributed by atoms with van der Waals surface area (Å²) < 4.78 is 2.00. The van der Waals surface area contributed by atoms with Crippen molar-refractivity contribution in [1.82, 2.24) is 15.1 Å². The van der Waals surface area contributed by atoms with Gasteiger partial charge in [0.1, 0.15) is 0 Å². The molecule has 1 heterocycles. The molecule has 0 bridgehead atoms. The second kappa shape index (κ2) is 7.44. The van der Waals surface area contributed by atoms with E-state index >= 15 is 0 Å². The molecule has 1 aromatic carbocycles. The van der Waals surface area contributed by atoms with Gasteiger partial charge in [-0.2, -0.15) is 5.10 Å². The van der Waals surface area contributed by atoms with Crippen LogP contribution in [-0.4, -0.2) is 22.4 Å². The van der Waals surface area contributed by atoms with Gasteiger partial charge in [0.05, 0.1) is 11.2 Å². The molecule has 0 aliphatic rings. The van der Waals surface area contributed by atoms with Crippen molar-refractivity contribution < 1.29 is 0 Å². The van der Waals surface area contributed by atoms with Gasteiger partial charge in [-0.1, -0.05) is 32.0 Å². The Bertz CT molecular complexity index is 530. The van der Waals surface area contributed by atoms with Crippen LogP contribution in [0.15, 0.2) is 24.3 Å². The maximum absolute atomic E-state index is 4.67. The number of para-hydroxylation sites is 1. The fraction of sp³-hybridized carbons (Fsp3) is 0.588. The summed E-state index contributed by atoms with van der Waals surface area (Å²) in [6.45, 7) is 5.62. The first-order chi connectivity index (χ1) is 9.76. The first-order valence-electron chi connectivity index (χ1n) is 7.90. The van der Waals surface area contributed by atoms with E-state index in [2.05, 4.69) is 48.5 Å². The topological polar surface area (TPSA) is 29.9 Å². The third-order valence-electron chi connectivity index (χ3n) is 3.98. The lowest BCUT2D eigenvalue weighted by molar-refractivity contribution is 0.455. The summed E-state index contributed by atoms with van der Waals surface area (Å²) in [7, 11) is 2.03. The Labute approximate surface area is 122 Å². The summed E-state index contributed by atoms with van der Waals surface area (Å²) >= 11 is 0. The average molecular weight is 273 g/mol. The van der Waals surface area contributed by atoms with Gasteiger partial charge in [-0.05, 0) is 44.7 Å². The molecule has 0 aliphatic heterocycles. The predicted molar refractivity (Wildman–Crippen MR) is 86.0 cm³/mol. The molecule has 2 rings (SSSR count). The molecule has 0 radical (unpaired) electrons. The fourth-order valence-corrected chi connectivity index (χ4v) is 2.79.